The summed E-state index contributed by atoms with van der Waals surface area (Å²) in [5, 5.41) is 17.0. The van der Waals surface area contributed by atoms with Gasteiger partial charge in [0.15, 0.2) is 0 Å². The summed E-state index contributed by atoms with van der Waals surface area (Å²) >= 11 is 0. The maximum atomic E-state index is 12.9. The molecule has 0 bridgehead atoms. The van der Waals surface area contributed by atoms with Crippen LogP contribution in [0, 0.1) is 11.8 Å². The summed E-state index contributed by atoms with van der Waals surface area (Å²) in [6, 6.07) is 7.34. The van der Waals surface area contributed by atoms with Gasteiger partial charge in [-0.2, -0.15) is 0 Å². The van der Waals surface area contributed by atoms with Crippen LogP contribution in [0.5, 0.6) is 5.75 Å². The van der Waals surface area contributed by atoms with Crippen molar-refractivity contribution in [2.45, 2.75) is 84.4 Å². The second kappa shape index (κ2) is 21.9. The number of carbonyl (C=O) groups excluding carboxylic acids is 1. The second-order valence-electron chi connectivity index (χ2n) is 9.68. The van der Waals surface area contributed by atoms with Crippen LogP contribution in [0.25, 0.3) is 0 Å². The van der Waals surface area contributed by atoms with Crippen LogP contribution in [0.4, 0.5) is 0 Å². The molecule has 0 radical (unpaired) electrons. The fraction of sp³-hybridized carbons (Fsp3) is 0.741. The quantitative estimate of drug-likeness (QED) is 0.187. The number of halogens is 2. The van der Waals surface area contributed by atoms with Crippen molar-refractivity contribution in [3.8, 4) is 5.75 Å². The Morgan fingerprint density at radius 1 is 1.06 bits per heavy atom. The molecule has 212 valence electrons. The highest BCUT2D eigenvalue weighted by Gasteiger charge is 2.23. The third kappa shape index (κ3) is 15.2. The van der Waals surface area contributed by atoms with Crippen LogP contribution in [-0.2, 0) is 4.74 Å². The lowest BCUT2D eigenvalue weighted by Crippen LogP contribution is -2.46. The van der Waals surface area contributed by atoms with Crippen molar-refractivity contribution in [3.05, 3.63) is 29.8 Å². The van der Waals surface area contributed by atoms with E-state index in [2.05, 4.69) is 38.3 Å². The van der Waals surface area contributed by atoms with Crippen molar-refractivity contribution in [2.24, 2.45) is 17.6 Å². The van der Waals surface area contributed by atoms with Crippen LogP contribution in [0.3, 0.4) is 0 Å². The molecule has 1 amide bonds. The molecule has 3 unspecified atom stereocenters. The molecule has 0 aromatic heterocycles. The lowest BCUT2D eigenvalue weighted by atomic mass is 9.87. The first-order valence-electron chi connectivity index (χ1n) is 13.0. The average molecular weight is 553 g/mol. The molecule has 1 rings (SSSR count). The van der Waals surface area contributed by atoms with Crippen LogP contribution in [-0.4, -0.2) is 62.6 Å². The third-order valence-corrected chi connectivity index (χ3v) is 6.33. The number of rotatable bonds is 19. The number of carbonyl (C=O) groups is 1. The average Bonchev–Trinajstić information content (AvgIpc) is 2.83. The number of benzene rings is 1. The van der Waals surface area contributed by atoms with Gasteiger partial charge in [-0.1, -0.05) is 45.7 Å². The number of nitrogens with one attached hydrogen (secondary N) is 2. The minimum Gasteiger partial charge on any atom is -0.493 e. The van der Waals surface area contributed by atoms with Crippen LogP contribution in [0.2, 0.25) is 0 Å². The predicted octanol–water partition coefficient (Wildman–Crippen LogP) is 4.58. The molecule has 1 aromatic rings. The van der Waals surface area contributed by atoms with Gasteiger partial charge in [0.1, 0.15) is 5.75 Å². The predicted molar refractivity (Wildman–Crippen MR) is 154 cm³/mol. The zero-order chi connectivity index (χ0) is 25.3. The van der Waals surface area contributed by atoms with Crippen molar-refractivity contribution >= 4 is 30.7 Å². The van der Waals surface area contributed by atoms with E-state index >= 15 is 0 Å². The number of aliphatic hydroxyl groups excluding tert-OH is 1. The molecule has 0 fully saturated rings. The van der Waals surface area contributed by atoms with E-state index in [9.17, 15) is 9.90 Å². The minimum absolute atomic E-state index is 0. The molecular weight excluding hydrogens is 501 g/mol. The van der Waals surface area contributed by atoms with Crippen LogP contribution >= 0.6 is 24.8 Å². The number of amides is 1. The van der Waals surface area contributed by atoms with E-state index in [4.69, 9.17) is 15.2 Å². The molecule has 0 aliphatic heterocycles. The number of hydrogen-bond acceptors (Lipinski definition) is 6. The van der Waals surface area contributed by atoms with E-state index in [-0.39, 0.29) is 42.7 Å². The standard InChI is InChI=1S/C27H49N3O4.2ClH/c1-6-7-12-21(4)29-19-25(31)24(28)17-22(20(2)3)18-30-27(32)23-13-8-9-14-26(23)34-16-11-10-15-33-5;;/h8-9,13-14,20-22,24-25,29,31H,6-7,10-12,15-19,28H2,1-5H3,(H,30,32);2*1H/t21-,22?,24?,25?;;/m1../s1. The molecule has 0 aliphatic carbocycles. The lowest BCUT2D eigenvalue weighted by molar-refractivity contribution is 0.0926. The summed E-state index contributed by atoms with van der Waals surface area (Å²) in [7, 11) is 1.69. The highest BCUT2D eigenvalue weighted by molar-refractivity contribution is 5.96. The van der Waals surface area contributed by atoms with Gasteiger partial charge in [-0.15, -0.1) is 24.8 Å². The summed E-state index contributed by atoms with van der Waals surface area (Å²) in [4.78, 5) is 12.9. The van der Waals surface area contributed by atoms with Crippen LogP contribution in [0.15, 0.2) is 24.3 Å². The highest BCUT2D eigenvalue weighted by atomic mass is 35.5. The maximum Gasteiger partial charge on any atom is 0.255 e. The van der Waals surface area contributed by atoms with Gasteiger partial charge in [0.05, 0.1) is 18.3 Å². The zero-order valence-corrected chi connectivity index (χ0v) is 24.5. The number of aliphatic hydroxyl groups is 1. The molecule has 5 N–H and O–H groups in total. The molecule has 0 aliphatic rings. The van der Waals surface area contributed by atoms with Crippen molar-refractivity contribution in [1.82, 2.24) is 10.6 Å². The third-order valence-electron chi connectivity index (χ3n) is 6.33. The summed E-state index contributed by atoms with van der Waals surface area (Å²) < 4.78 is 10.9. The molecule has 4 atom stereocenters. The Kier molecular flexibility index (Phi) is 22.6. The Morgan fingerprint density at radius 2 is 1.72 bits per heavy atom. The van der Waals surface area contributed by atoms with Gasteiger partial charge in [0.2, 0.25) is 0 Å². The minimum atomic E-state index is -0.617. The largest absolute Gasteiger partial charge is 0.493 e. The van der Waals surface area contributed by atoms with Crippen molar-refractivity contribution in [3.63, 3.8) is 0 Å². The first kappa shape index (κ1) is 37.1. The van der Waals surface area contributed by atoms with Gasteiger partial charge < -0.3 is 30.9 Å². The smallest absolute Gasteiger partial charge is 0.255 e. The molecule has 0 spiro atoms. The molecule has 0 heterocycles. The van der Waals surface area contributed by atoms with E-state index in [0.717, 1.165) is 19.3 Å². The van der Waals surface area contributed by atoms with Crippen LogP contribution in [0.1, 0.15) is 76.6 Å². The Balaban J connectivity index is 0. The summed E-state index contributed by atoms with van der Waals surface area (Å²) in [6.07, 6.45) is 5.24. The van der Waals surface area contributed by atoms with Gasteiger partial charge in [0, 0.05) is 38.9 Å². The highest BCUT2D eigenvalue weighted by Crippen LogP contribution is 2.20. The Bertz CT molecular complexity index is 682. The topological polar surface area (TPSA) is 106 Å². The maximum absolute atomic E-state index is 12.9. The van der Waals surface area contributed by atoms with E-state index in [1.807, 2.05) is 18.2 Å². The Morgan fingerprint density at radius 3 is 2.36 bits per heavy atom. The first-order chi connectivity index (χ1) is 16.3. The molecule has 0 saturated carbocycles. The van der Waals surface area contributed by atoms with Crippen molar-refractivity contribution in [2.75, 3.05) is 33.4 Å². The van der Waals surface area contributed by atoms with Gasteiger partial charge in [-0.05, 0) is 56.6 Å². The van der Waals surface area contributed by atoms with E-state index in [0.29, 0.717) is 56.0 Å². The molecule has 1 aromatic carbocycles. The summed E-state index contributed by atoms with van der Waals surface area (Å²) in [5.74, 6) is 0.920. The van der Waals surface area contributed by atoms with Crippen molar-refractivity contribution < 1.29 is 19.4 Å². The van der Waals surface area contributed by atoms with Gasteiger partial charge in [-0.3, -0.25) is 4.79 Å². The molecule has 36 heavy (non-hydrogen) atoms. The van der Waals surface area contributed by atoms with E-state index < -0.39 is 6.10 Å². The van der Waals surface area contributed by atoms with E-state index in [1.54, 1.807) is 13.2 Å². The molecule has 9 heteroatoms. The summed E-state index contributed by atoms with van der Waals surface area (Å²) in [5.41, 5.74) is 6.88. The fourth-order valence-corrected chi connectivity index (χ4v) is 3.81. The lowest BCUT2D eigenvalue weighted by Gasteiger charge is -2.28. The van der Waals surface area contributed by atoms with Gasteiger partial charge in [0.25, 0.3) is 5.91 Å². The number of hydrogen-bond donors (Lipinski definition) is 4. The number of nitrogens with two attached hydrogens (primary N) is 1. The van der Waals surface area contributed by atoms with Crippen molar-refractivity contribution in [1.29, 1.82) is 0 Å². The summed E-state index contributed by atoms with van der Waals surface area (Å²) in [6.45, 7) is 10.8. The molecule has 7 nitrogen and oxygen atoms in total. The van der Waals surface area contributed by atoms with Gasteiger partial charge in [-0.25, -0.2) is 0 Å². The second-order valence-corrected chi connectivity index (χ2v) is 9.68. The van der Waals surface area contributed by atoms with E-state index in [1.165, 1.54) is 12.8 Å². The molecular formula is C27H51Cl2N3O4. The SMILES string of the molecule is CCCC[C@@H](C)NCC(O)C(N)CC(CNC(=O)c1ccccc1OCCCCOC)C(C)C.Cl.Cl. The Labute approximate surface area is 231 Å². The zero-order valence-electron chi connectivity index (χ0n) is 22.8. The fourth-order valence-electron chi connectivity index (χ4n) is 3.81. The van der Waals surface area contributed by atoms with Gasteiger partial charge >= 0.3 is 0 Å². The number of methoxy groups -OCH3 is 1. The number of para-hydroxylation sites is 1. The first-order valence-corrected chi connectivity index (χ1v) is 13.0. The monoisotopic (exact) mass is 551 g/mol. The number of unbranched alkanes of at least 4 members (excludes halogenated alkanes) is 2. The Hall–Kier alpha value is -1.09. The normalized spacial score (nSPS) is 14.2. The molecule has 0 saturated heterocycles. The van der Waals surface area contributed by atoms with Crippen LogP contribution < -0.4 is 21.1 Å². The number of ether oxygens (including phenoxy) is 2.